The van der Waals surface area contributed by atoms with E-state index in [1.807, 2.05) is 11.8 Å². The molecular formula is C37H49N5O2. The lowest BCUT2D eigenvalue weighted by atomic mass is 9.59. The molecule has 0 bridgehead atoms. The Morgan fingerprint density at radius 3 is 2.00 bits per heavy atom. The number of likely N-dealkylation sites (tertiary alicyclic amines) is 1. The molecule has 2 fully saturated rings. The first kappa shape index (κ1) is 33.1. The Bertz CT molecular complexity index is 1440. The highest BCUT2D eigenvalue weighted by atomic mass is 16.2. The molecule has 7 nitrogen and oxygen atoms in total. The fraction of sp³-hybridized carbons (Fsp3) is 0.459. The normalized spacial score (nSPS) is 15.8. The van der Waals surface area contributed by atoms with E-state index in [2.05, 4.69) is 96.5 Å². The van der Waals surface area contributed by atoms with Gasteiger partial charge < -0.3 is 15.1 Å². The largest absolute Gasteiger partial charge is 0.344 e. The predicted octanol–water partition coefficient (Wildman–Crippen LogP) is 6.77. The summed E-state index contributed by atoms with van der Waals surface area (Å²) in [5, 5.41) is 3.06. The summed E-state index contributed by atoms with van der Waals surface area (Å²) in [4.78, 5) is 36.1. The molecule has 2 heterocycles. The Labute approximate surface area is 263 Å². The van der Waals surface area contributed by atoms with Gasteiger partial charge in [-0.1, -0.05) is 73.5 Å². The topological polar surface area (TPSA) is 78.4 Å². The maximum atomic E-state index is 12.6. The van der Waals surface area contributed by atoms with Crippen LogP contribution in [0.5, 0.6) is 0 Å². The van der Waals surface area contributed by atoms with Crippen LogP contribution in [0.3, 0.4) is 0 Å². The average Bonchev–Trinajstić information content (AvgIpc) is 2.96. The summed E-state index contributed by atoms with van der Waals surface area (Å²) in [6.07, 6.45) is 6.10. The molecule has 7 heteroatoms. The number of nitrogens with zero attached hydrogens (tertiary/aromatic N) is 4. The van der Waals surface area contributed by atoms with E-state index >= 15 is 0 Å². The van der Waals surface area contributed by atoms with Gasteiger partial charge in [-0.15, -0.1) is 0 Å². The first-order chi connectivity index (χ1) is 21.0. The van der Waals surface area contributed by atoms with Crippen molar-refractivity contribution in [2.24, 2.45) is 5.41 Å². The highest BCUT2D eigenvalue weighted by Crippen LogP contribution is 2.54. The van der Waals surface area contributed by atoms with Crippen LogP contribution < -0.4 is 5.32 Å². The molecule has 2 aromatic carbocycles. The van der Waals surface area contributed by atoms with Crippen LogP contribution in [0, 0.1) is 19.3 Å². The molecule has 1 atom stereocenters. The molecule has 1 spiro atoms. The van der Waals surface area contributed by atoms with Gasteiger partial charge in [-0.05, 0) is 81.8 Å². The number of allylic oxidation sites excluding steroid dienone is 1. The maximum absolute atomic E-state index is 12.6. The fourth-order valence-corrected chi connectivity index (χ4v) is 6.49. The van der Waals surface area contributed by atoms with E-state index in [-0.39, 0.29) is 17.9 Å². The molecule has 1 saturated carbocycles. The summed E-state index contributed by atoms with van der Waals surface area (Å²) in [6.45, 7) is 16.0. The van der Waals surface area contributed by atoms with Crippen molar-refractivity contribution >= 4 is 17.4 Å². The van der Waals surface area contributed by atoms with Crippen LogP contribution >= 0.6 is 0 Å². The predicted molar refractivity (Wildman–Crippen MR) is 178 cm³/mol. The van der Waals surface area contributed by atoms with Crippen molar-refractivity contribution in [3.8, 4) is 0 Å². The van der Waals surface area contributed by atoms with E-state index in [0.717, 1.165) is 31.5 Å². The lowest BCUT2D eigenvalue weighted by Gasteiger charge is -2.56. The van der Waals surface area contributed by atoms with Gasteiger partial charge >= 0.3 is 0 Å². The average molecular weight is 596 g/mol. The van der Waals surface area contributed by atoms with Crippen molar-refractivity contribution in [3.05, 3.63) is 100 Å². The summed E-state index contributed by atoms with van der Waals surface area (Å²) >= 11 is 0. The molecule has 5 rings (SSSR count). The first-order valence-corrected chi connectivity index (χ1v) is 16.0. The summed E-state index contributed by atoms with van der Waals surface area (Å²) in [5.74, 6) is 0.603. The number of rotatable bonds is 9. The third-order valence-electron chi connectivity index (χ3n) is 8.57. The number of hydrogen-bond donors (Lipinski definition) is 1. The smallest absolute Gasteiger partial charge is 0.270 e. The van der Waals surface area contributed by atoms with Crippen LogP contribution in [0.15, 0.2) is 66.4 Å². The number of carbonyl (C=O) groups excluding carboxylic acids is 2. The quantitative estimate of drug-likeness (QED) is 0.296. The zero-order valence-electron chi connectivity index (χ0n) is 27.6. The van der Waals surface area contributed by atoms with Gasteiger partial charge in [-0.2, -0.15) is 0 Å². The van der Waals surface area contributed by atoms with Crippen LogP contribution in [0.4, 0.5) is 0 Å². The van der Waals surface area contributed by atoms with E-state index in [1.54, 1.807) is 31.7 Å². The molecule has 234 valence electrons. The molecule has 0 unspecified atom stereocenters. The molecule has 1 aliphatic carbocycles. The minimum Gasteiger partial charge on any atom is -0.344 e. The molecule has 1 aliphatic heterocycles. The van der Waals surface area contributed by atoms with E-state index in [4.69, 9.17) is 0 Å². The third kappa shape index (κ3) is 8.20. The van der Waals surface area contributed by atoms with Crippen LogP contribution in [-0.4, -0.2) is 64.8 Å². The Morgan fingerprint density at radius 2 is 1.50 bits per heavy atom. The van der Waals surface area contributed by atoms with Crippen LogP contribution in [0.1, 0.15) is 98.0 Å². The summed E-state index contributed by atoms with van der Waals surface area (Å²) in [6, 6.07) is 19.1. The third-order valence-corrected chi connectivity index (χ3v) is 8.57. The van der Waals surface area contributed by atoms with E-state index in [0.29, 0.717) is 16.9 Å². The Hall–Kier alpha value is -3.84. The number of aromatic nitrogens is 2. The first-order valence-electron chi connectivity index (χ1n) is 16.0. The van der Waals surface area contributed by atoms with Gasteiger partial charge in [0.05, 0.1) is 6.04 Å². The van der Waals surface area contributed by atoms with Crippen molar-refractivity contribution in [2.75, 3.05) is 33.2 Å². The van der Waals surface area contributed by atoms with E-state index in [1.165, 1.54) is 48.2 Å². The lowest BCUT2D eigenvalue weighted by molar-refractivity contribution is -0.128. The molecule has 1 N–H and O–H groups in total. The number of carbonyl (C=O) groups is 2. The van der Waals surface area contributed by atoms with Gasteiger partial charge in [0.25, 0.3) is 5.91 Å². The van der Waals surface area contributed by atoms with E-state index in [9.17, 15) is 9.59 Å². The Kier molecular flexibility index (Phi) is 11.1. The SMILES string of the molecule is CCCN(CCC)C(C)=O.Cc1ccc(C(=C2CC3(C2)CN(C)C3)c2ccc([C@@H](C)NC(=O)c3ccnc(C)n3)cc2)cc1. The lowest BCUT2D eigenvalue weighted by Crippen LogP contribution is -2.58. The van der Waals surface area contributed by atoms with Gasteiger partial charge in [-0.25, -0.2) is 9.97 Å². The second-order valence-corrected chi connectivity index (χ2v) is 12.7. The zero-order valence-corrected chi connectivity index (χ0v) is 27.6. The number of amides is 2. The molecule has 3 aromatic rings. The summed E-state index contributed by atoms with van der Waals surface area (Å²) < 4.78 is 0. The van der Waals surface area contributed by atoms with Gasteiger partial charge in [0.2, 0.25) is 5.91 Å². The minimum absolute atomic E-state index is 0.121. The second kappa shape index (κ2) is 14.8. The monoisotopic (exact) mass is 595 g/mol. The fourth-order valence-electron chi connectivity index (χ4n) is 6.49. The van der Waals surface area contributed by atoms with Gasteiger partial charge in [0.1, 0.15) is 11.5 Å². The standard InChI is InChI=1S/C29H32N4O.C8H17NO/c1-19-5-7-23(8-6-19)27(25-15-29(16-25)17-33(4)18-29)24-11-9-22(10-12-24)20(2)31-28(34)26-13-14-30-21(3)32-26;1-4-6-9(7-5-2)8(3)10/h5-14,20H,15-18H2,1-4H3,(H,31,34);4-7H2,1-3H3/t20-;/m1./s1. The number of aryl methyl sites for hydroxylation is 2. The highest BCUT2D eigenvalue weighted by molar-refractivity contribution is 5.92. The highest BCUT2D eigenvalue weighted by Gasteiger charge is 2.49. The Morgan fingerprint density at radius 1 is 0.932 bits per heavy atom. The van der Waals surface area contributed by atoms with Crippen molar-refractivity contribution in [2.45, 2.75) is 73.3 Å². The molecular weight excluding hydrogens is 546 g/mol. The van der Waals surface area contributed by atoms with E-state index < -0.39 is 0 Å². The van der Waals surface area contributed by atoms with Crippen LogP contribution in [0.25, 0.3) is 5.57 Å². The molecule has 0 radical (unpaired) electrons. The van der Waals surface area contributed by atoms with Crippen LogP contribution in [-0.2, 0) is 4.79 Å². The molecule has 2 amide bonds. The minimum atomic E-state index is -0.185. The van der Waals surface area contributed by atoms with Gasteiger partial charge in [0.15, 0.2) is 0 Å². The number of nitrogens with one attached hydrogen (secondary N) is 1. The maximum Gasteiger partial charge on any atom is 0.270 e. The molecule has 44 heavy (non-hydrogen) atoms. The second-order valence-electron chi connectivity index (χ2n) is 12.7. The summed E-state index contributed by atoms with van der Waals surface area (Å²) in [7, 11) is 2.21. The molecule has 2 aliphatic rings. The molecule has 1 aromatic heterocycles. The number of benzene rings is 2. The van der Waals surface area contributed by atoms with Crippen molar-refractivity contribution in [1.29, 1.82) is 0 Å². The van der Waals surface area contributed by atoms with Crippen molar-refractivity contribution in [3.63, 3.8) is 0 Å². The van der Waals surface area contributed by atoms with Crippen LogP contribution in [0.2, 0.25) is 0 Å². The van der Waals surface area contributed by atoms with Gasteiger partial charge in [0, 0.05) is 44.7 Å². The number of hydrogen-bond acceptors (Lipinski definition) is 5. The van der Waals surface area contributed by atoms with Gasteiger partial charge in [-0.3, -0.25) is 9.59 Å². The van der Waals surface area contributed by atoms with Crippen molar-refractivity contribution in [1.82, 2.24) is 25.1 Å². The van der Waals surface area contributed by atoms with Crippen molar-refractivity contribution < 1.29 is 9.59 Å². The Balaban J connectivity index is 0.000000382. The zero-order chi connectivity index (χ0) is 31.9. The molecule has 1 saturated heterocycles. The summed E-state index contributed by atoms with van der Waals surface area (Å²) in [5.41, 5.74) is 8.71.